The van der Waals surface area contributed by atoms with Crippen LogP contribution in [0.25, 0.3) is 0 Å². The van der Waals surface area contributed by atoms with Crippen LogP contribution in [0.15, 0.2) is 18.3 Å². The number of nitrogens with zero attached hydrogens (tertiary/aromatic N) is 1. The molecule has 4 heteroatoms. The van der Waals surface area contributed by atoms with Crippen LogP contribution in [0.5, 0.6) is 0 Å². The van der Waals surface area contributed by atoms with Crippen LogP contribution in [0.4, 0.5) is 0 Å². The fourth-order valence-electron chi connectivity index (χ4n) is 2.61. The number of hydrogen-bond acceptors (Lipinski definition) is 2. The molecule has 0 saturated heterocycles. The van der Waals surface area contributed by atoms with Gasteiger partial charge in [-0.25, -0.2) is 0 Å². The minimum absolute atomic E-state index is 0.0544. The second-order valence-corrected chi connectivity index (χ2v) is 5.29. The number of rotatable bonds is 3. The Labute approximate surface area is 101 Å². The molecule has 0 atom stereocenters. The third-order valence-corrected chi connectivity index (χ3v) is 3.99. The van der Waals surface area contributed by atoms with Crippen molar-refractivity contribution in [2.24, 2.45) is 5.73 Å². The Morgan fingerprint density at radius 3 is 2.76 bits per heavy atom. The van der Waals surface area contributed by atoms with Crippen molar-refractivity contribution in [1.82, 2.24) is 9.88 Å². The van der Waals surface area contributed by atoms with E-state index in [9.17, 15) is 4.79 Å². The number of carbonyl (C=O) groups is 1. The Morgan fingerprint density at radius 1 is 1.41 bits per heavy atom. The summed E-state index contributed by atoms with van der Waals surface area (Å²) in [5.74, 6) is 0.0544. The van der Waals surface area contributed by atoms with Gasteiger partial charge in [-0.3, -0.25) is 4.79 Å². The van der Waals surface area contributed by atoms with Gasteiger partial charge in [0.25, 0.3) is 5.91 Å². The second-order valence-electron chi connectivity index (χ2n) is 5.29. The Morgan fingerprint density at radius 2 is 2.18 bits per heavy atom. The summed E-state index contributed by atoms with van der Waals surface area (Å²) in [5.41, 5.74) is 6.52. The summed E-state index contributed by atoms with van der Waals surface area (Å²) in [4.78, 5) is 12.1. The van der Waals surface area contributed by atoms with Gasteiger partial charge in [0, 0.05) is 24.3 Å². The number of carbonyl (C=O) groups excluding carboxylic acids is 1. The average Bonchev–Trinajstić information content (AvgIpc) is 2.61. The van der Waals surface area contributed by atoms with E-state index in [0.29, 0.717) is 6.04 Å². The van der Waals surface area contributed by atoms with Crippen LogP contribution in [-0.4, -0.2) is 22.6 Å². The van der Waals surface area contributed by atoms with Crippen molar-refractivity contribution in [3.8, 4) is 0 Å². The minimum atomic E-state index is 0.0544. The third kappa shape index (κ3) is 1.97. The van der Waals surface area contributed by atoms with Gasteiger partial charge in [-0.05, 0) is 44.2 Å². The maximum absolute atomic E-state index is 12.1. The Balaban J connectivity index is 1.66. The number of amides is 1. The highest BCUT2D eigenvalue weighted by Crippen LogP contribution is 2.32. The zero-order valence-electron chi connectivity index (χ0n) is 9.93. The van der Waals surface area contributed by atoms with Gasteiger partial charge in [-0.15, -0.1) is 0 Å². The molecule has 0 unspecified atom stereocenters. The van der Waals surface area contributed by atoms with Crippen LogP contribution < -0.4 is 11.1 Å². The predicted octanol–water partition coefficient (Wildman–Crippen LogP) is 1.43. The lowest BCUT2D eigenvalue weighted by atomic mass is 9.87. The molecule has 2 aliphatic carbocycles. The highest BCUT2D eigenvalue weighted by Gasteiger charge is 2.29. The molecule has 2 saturated carbocycles. The van der Waals surface area contributed by atoms with Gasteiger partial charge in [-0.2, -0.15) is 0 Å². The first kappa shape index (κ1) is 10.8. The van der Waals surface area contributed by atoms with E-state index in [1.165, 1.54) is 19.3 Å². The quantitative estimate of drug-likeness (QED) is 0.829. The van der Waals surface area contributed by atoms with Crippen LogP contribution >= 0.6 is 0 Å². The number of hydrogen-bond donors (Lipinski definition) is 2. The van der Waals surface area contributed by atoms with E-state index in [1.54, 1.807) is 0 Å². The predicted molar refractivity (Wildman–Crippen MR) is 65.8 cm³/mol. The lowest BCUT2D eigenvalue weighted by Gasteiger charge is -2.34. The Hall–Kier alpha value is -1.29. The second kappa shape index (κ2) is 4.18. The van der Waals surface area contributed by atoms with Gasteiger partial charge >= 0.3 is 0 Å². The van der Waals surface area contributed by atoms with Crippen LogP contribution in [0.1, 0.15) is 48.6 Å². The largest absolute Gasteiger partial charge is 0.348 e. The lowest BCUT2D eigenvalue weighted by Crippen LogP contribution is -2.50. The summed E-state index contributed by atoms with van der Waals surface area (Å²) >= 11 is 0. The summed E-state index contributed by atoms with van der Waals surface area (Å²) < 4.78 is 2.12. The minimum Gasteiger partial charge on any atom is -0.348 e. The monoisotopic (exact) mass is 233 g/mol. The highest BCUT2D eigenvalue weighted by molar-refractivity contribution is 5.93. The molecule has 2 aliphatic rings. The molecular weight excluding hydrogens is 214 g/mol. The molecule has 0 radical (unpaired) electrons. The van der Waals surface area contributed by atoms with Crippen molar-refractivity contribution in [1.29, 1.82) is 0 Å². The molecular formula is C13H19N3O. The van der Waals surface area contributed by atoms with Crippen LogP contribution in [0.2, 0.25) is 0 Å². The molecule has 92 valence electrons. The van der Waals surface area contributed by atoms with Crippen molar-refractivity contribution in [3.05, 3.63) is 24.0 Å². The van der Waals surface area contributed by atoms with E-state index in [0.717, 1.165) is 18.5 Å². The van der Waals surface area contributed by atoms with Crippen molar-refractivity contribution in [2.45, 2.75) is 50.2 Å². The first-order chi connectivity index (χ1) is 8.24. The summed E-state index contributed by atoms with van der Waals surface area (Å²) in [6.07, 6.45) is 7.52. The van der Waals surface area contributed by atoms with Crippen molar-refractivity contribution in [2.75, 3.05) is 0 Å². The average molecular weight is 233 g/mol. The van der Waals surface area contributed by atoms with E-state index in [2.05, 4.69) is 9.88 Å². The van der Waals surface area contributed by atoms with Crippen LogP contribution in [0.3, 0.4) is 0 Å². The molecule has 0 bridgehead atoms. The van der Waals surface area contributed by atoms with Gasteiger partial charge in [-0.1, -0.05) is 0 Å². The first-order valence-electron chi connectivity index (χ1n) is 6.47. The van der Waals surface area contributed by atoms with E-state index in [1.807, 2.05) is 18.3 Å². The molecule has 1 aromatic heterocycles. The van der Waals surface area contributed by atoms with Crippen LogP contribution in [-0.2, 0) is 0 Å². The molecule has 2 fully saturated rings. The highest BCUT2D eigenvalue weighted by atomic mass is 16.2. The van der Waals surface area contributed by atoms with Gasteiger partial charge in [0.2, 0.25) is 0 Å². The van der Waals surface area contributed by atoms with E-state index < -0.39 is 0 Å². The van der Waals surface area contributed by atoms with Gasteiger partial charge in [0.05, 0.1) is 0 Å². The van der Waals surface area contributed by atoms with Crippen molar-refractivity contribution < 1.29 is 4.79 Å². The molecule has 0 aliphatic heterocycles. The summed E-state index contributed by atoms with van der Waals surface area (Å²) in [7, 11) is 0. The number of nitrogens with one attached hydrogen (secondary N) is 1. The van der Waals surface area contributed by atoms with Gasteiger partial charge in [0.1, 0.15) is 5.69 Å². The molecule has 1 aromatic rings. The fraction of sp³-hybridized carbons (Fsp3) is 0.615. The Kier molecular flexibility index (Phi) is 2.67. The molecule has 3 rings (SSSR count). The number of nitrogens with two attached hydrogens (primary N) is 1. The maximum atomic E-state index is 12.1. The molecule has 4 nitrogen and oxygen atoms in total. The van der Waals surface area contributed by atoms with Crippen LogP contribution in [0, 0.1) is 0 Å². The fourth-order valence-corrected chi connectivity index (χ4v) is 2.61. The Bertz CT molecular complexity index is 416. The van der Waals surface area contributed by atoms with Crippen molar-refractivity contribution >= 4 is 5.91 Å². The van der Waals surface area contributed by atoms with E-state index in [-0.39, 0.29) is 18.0 Å². The molecule has 17 heavy (non-hydrogen) atoms. The summed E-state index contributed by atoms with van der Waals surface area (Å²) in [6, 6.07) is 4.96. The molecule has 0 aromatic carbocycles. The van der Waals surface area contributed by atoms with Gasteiger partial charge in [0.15, 0.2) is 0 Å². The SMILES string of the molecule is NC1CC(NC(=O)c2cccn2C2CCC2)C1. The zero-order valence-corrected chi connectivity index (χ0v) is 9.93. The summed E-state index contributed by atoms with van der Waals surface area (Å²) in [6.45, 7) is 0. The van der Waals surface area contributed by atoms with E-state index >= 15 is 0 Å². The smallest absolute Gasteiger partial charge is 0.268 e. The van der Waals surface area contributed by atoms with E-state index in [4.69, 9.17) is 5.73 Å². The number of aromatic nitrogens is 1. The zero-order chi connectivity index (χ0) is 11.8. The molecule has 0 spiro atoms. The summed E-state index contributed by atoms with van der Waals surface area (Å²) in [5, 5.41) is 3.05. The molecule has 3 N–H and O–H groups in total. The van der Waals surface area contributed by atoms with Gasteiger partial charge < -0.3 is 15.6 Å². The van der Waals surface area contributed by atoms with Crippen molar-refractivity contribution in [3.63, 3.8) is 0 Å². The molecule has 1 amide bonds. The normalized spacial score (nSPS) is 28.3. The maximum Gasteiger partial charge on any atom is 0.268 e. The lowest BCUT2D eigenvalue weighted by molar-refractivity contribution is 0.0895. The first-order valence-corrected chi connectivity index (χ1v) is 6.47. The third-order valence-electron chi connectivity index (χ3n) is 3.99. The molecule has 1 heterocycles. The topological polar surface area (TPSA) is 60.0 Å². The standard InChI is InChI=1S/C13H19N3O/c14-9-7-10(8-9)15-13(17)12-5-2-6-16(12)11-3-1-4-11/h2,5-6,9-11H,1,3-4,7-8,14H2,(H,15,17).